The Kier molecular flexibility index (Phi) is 4.63. The maximum Gasteiger partial charge on any atom is 0.266 e. The minimum absolute atomic E-state index is 0.00710. The zero-order valence-corrected chi connectivity index (χ0v) is 16.4. The van der Waals surface area contributed by atoms with Crippen LogP contribution in [-0.2, 0) is 6.54 Å². The predicted molar refractivity (Wildman–Crippen MR) is 114 cm³/mol. The van der Waals surface area contributed by atoms with Crippen LogP contribution in [0.1, 0.15) is 23.2 Å². The van der Waals surface area contributed by atoms with Crippen molar-refractivity contribution in [2.24, 2.45) is 0 Å². The molecule has 1 saturated heterocycles. The molecule has 0 aliphatic carbocycles. The van der Waals surface area contributed by atoms with Gasteiger partial charge in [0, 0.05) is 47.8 Å². The van der Waals surface area contributed by atoms with Crippen molar-refractivity contribution in [3.63, 3.8) is 0 Å². The van der Waals surface area contributed by atoms with Crippen LogP contribution in [0.15, 0.2) is 71.9 Å². The molecular weight excluding hydrogens is 378 g/mol. The molecule has 0 saturated carbocycles. The van der Waals surface area contributed by atoms with E-state index in [1.54, 1.807) is 18.5 Å². The van der Waals surface area contributed by atoms with Gasteiger partial charge in [-0.3, -0.25) is 14.6 Å². The molecule has 150 valence electrons. The maximum absolute atomic E-state index is 13.2. The van der Waals surface area contributed by atoms with Gasteiger partial charge in [0.15, 0.2) is 0 Å². The van der Waals surface area contributed by atoms with Crippen molar-refractivity contribution in [2.45, 2.75) is 25.4 Å². The fourth-order valence-corrected chi connectivity index (χ4v) is 4.10. The quantitative estimate of drug-likeness (QED) is 0.572. The lowest BCUT2D eigenvalue weighted by Crippen LogP contribution is -2.40. The first-order chi connectivity index (χ1) is 14.7. The molecule has 4 heterocycles. The standard InChI is InChI=1S/C23H21N5O2/c29-22-6-5-20(17-7-10-24-11-8-17)26-28(22)15-19-2-1-13-27(19)23(30)18-4-3-16-9-12-25-21(16)14-18/h3-12,14,19,25H,1-2,13,15H2. The third-order valence-electron chi connectivity index (χ3n) is 5.67. The van der Waals surface area contributed by atoms with Gasteiger partial charge in [-0.05, 0) is 54.6 Å². The van der Waals surface area contributed by atoms with E-state index in [-0.39, 0.29) is 17.5 Å². The highest BCUT2D eigenvalue weighted by Gasteiger charge is 2.30. The smallest absolute Gasteiger partial charge is 0.266 e. The summed E-state index contributed by atoms with van der Waals surface area (Å²) in [5, 5.41) is 5.62. The van der Waals surface area contributed by atoms with E-state index in [4.69, 9.17) is 0 Å². The predicted octanol–water partition coefficient (Wildman–Crippen LogP) is 3.09. The van der Waals surface area contributed by atoms with Crippen LogP contribution in [0.2, 0.25) is 0 Å². The van der Waals surface area contributed by atoms with Gasteiger partial charge in [-0.1, -0.05) is 6.07 Å². The van der Waals surface area contributed by atoms with E-state index >= 15 is 0 Å². The Morgan fingerprint density at radius 1 is 1.10 bits per heavy atom. The topological polar surface area (TPSA) is 83.9 Å². The second-order valence-corrected chi connectivity index (χ2v) is 7.55. The van der Waals surface area contributed by atoms with E-state index in [9.17, 15) is 9.59 Å². The summed E-state index contributed by atoms with van der Waals surface area (Å²) in [7, 11) is 0. The highest BCUT2D eigenvalue weighted by Crippen LogP contribution is 2.23. The van der Waals surface area contributed by atoms with Crippen molar-refractivity contribution in [1.29, 1.82) is 0 Å². The number of carbonyl (C=O) groups excluding carboxylic acids is 1. The summed E-state index contributed by atoms with van der Waals surface area (Å²) < 4.78 is 1.47. The third-order valence-corrected chi connectivity index (χ3v) is 5.67. The van der Waals surface area contributed by atoms with Gasteiger partial charge in [0.25, 0.3) is 11.5 Å². The van der Waals surface area contributed by atoms with Crippen molar-refractivity contribution >= 4 is 16.8 Å². The highest BCUT2D eigenvalue weighted by molar-refractivity contribution is 5.98. The molecule has 1 aliphatic heterocycles. The molecule has 1 atom stereocenters. The number of aromatic nitrogens is 4. The summed E-state index contributed by atoms with van der Waals surface area (Å²) in [6, 6.07) is 14.6. The van der Waals surface area contributed by atoms with E-state index in [0.717, 1.165) is 29.3 Å². The van der Waals surface area contributed by atoms with Gasteiger partial charge in [0.05, 0.1) is 18.3 Å². The molecule has 30 heavy (non-hydrogen) atoms. The second-order valence-electron chi connectivity index (χ2n) is 7.55. The van der Waals surface area contributed by atoms with Crippen LogP contribution in [0.5, 0.6) is 0 Å². The first-order valence-corrected chi connectivity index (χ1v) is 10.1. The van der Waals surface area contributed by atoms with Crippen LogP contribution in [0.3, 0.4) is 0 Å². The molecule has 5 rings (SSSR count). The van der Waals surface area contributed by atoms with E-state index in [1.165, 1.54) is 10.7 Å². The molecule has 0 bridgehead atoms. The number of carbonyl (C=O) groups is 1. The van der Waals surface area contributed by atoms with Gasteiger partial charge in [-0.2, -0.15) is 5.10 Å². The maximum atomic E-state index is 13.2. The number of fused-ring (bicyclic) bond motifs is 1. The summed E-state index contributed by atoms with van der Waals surface area (Å²) in [5.41, 5.74) is 3.05. The van der Waals surface area contributed by atoms with Crippen LogP contribution >= 0.6 is 0 Å². The number of H-pyrrole nitrogens is 1. The number of amides is 1. The van der Waals surface area contributed by atoms with Gasteiger partial charge >= 0.3 is 0 Å². The van der Waals surface area contributed by atoms with Gasteiger partial charge in [0.1, 0.15) is 0 Å². The number of aromatic amines is 1. The first kappa shape index (κ1) is 18.3. The average Bonchev–Trinajstić information content (AvgIpc) is 3.44. The molecule has 1 aromatic carbocycles. The van der Waals surface area contributed by atoms with Gasteiger partial charge in [-0.25, -0.2) is 4.68 Å². The average molecular weight is 399 g/mol. The molecule has 7 nitrogen and oxygen atoms in total. The van der Waals surface area contributed by atoms with E-state index in [0.29, 0.717) is 24.3 Å². The normalized spacial score (nSPS) is 16.3. The number of hydrogen-bond donors (Lipinski definition) is 1. The first-order valence-electron chi connectivity index (χ1n) is 10.1. The number of pyridine rings is 1. The summed E-state index contributed by atoms with van der Waals surface area (Å²) in [4.78, 5) is 34.7. The molecular formula is C23H21N5O2. The van der Waals surface area contributed by atoms with Crippen LogP contribution in [0.4, 0.5) is 0 Å². The Hall–Kier alpha value is -3.74. The molecule has 3 aromatic heterocycles. The molecule has 1 aliphatic rings. The van der Waals surface area contributed by atoms with Crippen molar-refractivity contribution in [1.82, 2.24) is 24.6 Å². The number of hydrogen-bond acceptors (Lipinski definition) is 4. The molecule has 1 fully saturated rings. The SMILES string of the molecule is O=C(c1ccc2cc[nH]c2c1)N1CCCC1Cn1nc(-c2ccncc2)ccc1=O. The lowest BCUT2D eigenvalue weighted by atomic mass is 10.1. The van der Waals surface area contributed by atoms with Gasteiger partial charge < -0.3 is 9.88 Å². The van der Waals surface area contributed by atoms with E-state index in [2.05, 4.69) is 15.1 Å². The number of benzene rings is 1. The number of likely N-dealkylation sites (tertiary alicyclic amines) is 1. The Morgan fingerprint density at radius 2 is 1.97 bits per heavy atom. The summed E-state index contributed by atoms with van der Waals surface area (Å²) in [6.07, 6.45) is 7.03. The fraction of sp³-hybridized carbons (Fsp3) is 0.217. The lowest BCUT2D eigenvalue weighted by molar-refractivity contribution is 0.0720. The third kappa shape index (κ3) is 3.39. The summed E-state index contributed by atoms with van der Waals surface area (Å²) in [5.74, 6) is -0.00710. The van der Waals surface area contributed by atoms with Crippen LogP contribution in [0.25, 0.3) is 22.2 Å². The number of rotatable bonds is 4. The number of nitrogens with one attached hydrogen (secondary N) is 1. The Morgan fingerprint density at radius 3 is 2.83 bits per heavy atom. The zero-order chi connectivity index (χ0) is 20.5. The van der Waals surface area contributed by atoms with Gasteiger partial charge in [0.2, 0.25) is 0 Å². The summed E-state index contributed by atoms with van der Waals surface area (Å²) >= 11 is 0. The zero-order valence-electron chi connectivity index (χ0n) is 16.4. The lowest BCUT2D eigenvalue weighted by Gasteiger charge is -2.25. The molecule has 1 amide bonds. The molecule has 1 unspecified atom stereocenters. The molecule has 1 N–H and O–H groups in total. The molecule has 0 spiro atoms. The van der Waals surface area contributed by atoms with Crippen LogP contribution < -0.4 is 5.56 Å². The Bertz CT molecular complexity index is 1260. The van der Waals surface area contributed by atoms with Crippen LogP contribution in [-0.4, -0.2) is 43.1 Å². The van der Waals surface area contributed by atoms with Crippen molar-refractivity contribution in [3.8, 4) is 11.3 Å². The minimum Gasteiger partial charge on any atom is -0.361 e. The Labute approximate surface area is 173 Å². The van der Waals surface area contributed by atoms with Gasteiger partial charge in [-0.15, -0.1) is 0 Å². The molecule has 4 aromatic rings. The minimum atomic E-state index is -0.167. The van der Waals surface area contributed by atoms with Crippen molar-refractivity contribution in [3.05, 3.63) is 83.0 Å². The van der Waals surface area contributed by atoms with E-state index < -0.39 is 0 Å². The Balaban J connectivity index is 1.40. The second kappa shape index (κ2) is 7.59. The molecule has 7 heteroatoms. The molecule has 0 radical (unpaired) electrons. The van der Waals surface area contributed by atoms with Crippen molar-refractivity contribution < 1.29 is 4.79 Å². The van der Waals surface area contributed by atoms with Crippen molar-refractivity contribution in [2.75, 3.05) is 6.54 Å². The number of nitrogens with zero attached hydrogens (tertiary/aromatic N) is 4. The summed E-state index contributed by atoms with van der Waals surface area (Å²) in [6.45, 7) is 1.07. The van der Waals surface area contributed by atoms with E-state index in [1.807, 2.05) is 47.5 Å². The van der Waals surface area contributed by atoms with Crippen LogP contribution in [0, 0.1) is 0 Å². The largest absolute Gasteiger partial charge is 0.361 e. The monoisotopic (exact) mass is 399 g/mol. The fourth-order valence-electron chi connectivity index (χ4n) is 4.10. The highest BCUT2D eigenvalue weighted by atomic mass is 16.2.